The van der Waals surface area contributed by atoms with E-state index in [4.69, 9.17) is 0 Å². The van der Waals surface area contributed by atoms with Gasteiger partial charge in [-0.25, -0.2) is 9.67 Å². The maximum absolute atomic E-state index is 13.3. The number of carbonyl (C=O) groups excluding carboxylic acids is 1. The van der Waals surface area contributed by atoms with E-state index in [1.165, 1.54) is 29.6 Å². The number of hydrogen-bond donors (Lipinski definition) is 1. The fourth-order valence-corrected chi connectivity index (χ4v) is 8.74. The molecule has 5 nitrogen and oxygen atoms in total. The Balaban J connectivity index is 1.35. The third-order valence-corrected chi connectivity index (χ3v) is 10.2. The van der Waals surface area contributed by atoms with Gasteiger partial charge in [0, 0.05) is 0 Å². The lowest BCUT2D eigenvalue weighted by Crippen LogP contribution is -2.57. The zero-order chi connectivity index (χ0) is 23.8. The van der Waals surface area contributed by atoms with Crippen molar-refractivity contribution in [3.05, 3.63) is 53.2 Å². The molecule has 0 spiro atoms. The molecule has 0 aromatic carbocycles. The summed E-state index contributed by atoms with van der Waals surface area (Å²) in [4.78, 5) is 16.5. The number of aliphatic hydroxyl groups is 1. The Kier molecular flexibility index (Phi) is 5.13. The molecule has 2 aromatic rings. The molecular weight excluding hydrogens is 449 g/mol. The highest BCUT2D eigenvalue weighted by molar-refractivity contribution is 8.13. The van der Waals surface area contributed by atoms with Crippen molar-refractivity contribution in [3.63, 3.8) is 0 Å². The Bertz CT molecular complexity index is 1180. The number of aliphatic hydroxyl groups excluding tert-OH is 1. The van der Waals surface area contributed by atoms with E-state index >= 15 is 0 Å². The van der Waals surface area contributed by atoms with Gasteiger partial charge in [0.1, 0.15) is 0 Å². The minimum absolute atomic E-state index is 0.127. The monoisotopic (exact) mass is 480 g/mol. The zero-order valence-electron chi connectivity index (χ0n) is 19.9. The molecule has 0 saturated heterocycles. The number of thioether (sulfide) groups is 1. The third-order valence-electron chi connectivity index (χ3n) is 9.60. The second kappa shape index (κ2) is 7.76. The molecule has 1 N–H and O–H groups in total. The van der Waals surface area contributed by atoms with E-state index in [9.17, 15) is 14.3 Å². The van der Waals surface area contributed by atoms with Gasteiger partial charge in [-0.2, -0.15) is 9.49 Å². The van der Waals surface area contributed by atoms with Crippen LogP contribution >= 0.6 is 11.8 Å². The first kappa shape index (κ1) is 22.5. The van der Waals surface area contributed by atoms with Gasteiger partial charge in [0.2, 0.25) is 5.95 Å². The van der Waals surface area contributed by atoms with Crippen molar-refractivity contribution in [2.45, 2.75) is 58.5 Å². The molecule has 6 rings (SSSR count). The molecule has 0 unspecified atom stereocenters. The molecule has 0 aliphatic heterocycles. The van der Waals surface area contributed by atoms with Crippen LogP contribution in [0.15, 0.2) is 30.1 Å². The number of hydrogen-bond acceptors (Lipinski definition) is 5. The number of carbonyl (C=O) groups is 1. The van der Waals surface area contributed by atoms with Crippen LogP contribution in [0.3, 0.4) is 0 Å². The first-order valence-corrected chi connectivity index (χ1v) is 13.5. The van der Waals surface area contributed by atoms with Crippen molar-refractivity contribution in [1.82, 2.24) is 14.8 Å². The average molecular weight is 481 g/mol. The largest absolute Gasteiger partial charge is 0.393 e. The van der Waals surface area contributed by atoms with E-state index in [-0.39, 0.29) is 21.9 Å². The molecule has 4 aliphatic rings. The van der Waals surface area contributed by atoms with E-state index in [0.29, 0.717) is 18.3 Å². The highest BCUT2D eigenvalue weighted by Crippen LogP contribution is 2.67. The Labute approximate surface area is 204 Å². The van der Waals surface area contributed by atoms with E-state index in [1.807, 2.05) is 17.1 Å². The van der Waals surface area contributed by atoms with Crippen LogP contribution in [0.4, 0.5) is 4.39 Å². The molecule has 0 bridgehead atoms. The fourth-order valence-electron chi connectivity index (χ4n) is 8.15. The maximum Gasteiger partial charge on any atom is 0.212 e. The number of aromatic nitrogens is 3. The maximum atomic E-state index is 13.3. The summed E-state index contributed by atoms with van der Waals surface area (Å²) in [5, 5.41) is 16.5. The first-order chi connectivity index (χ1) is 16.3. The summed E-state index contributed by atoms with van der Waals surface area (Å²) >= 11 is 1.32. The van der Waals surface area contributed by atoms with Crippen LogP contribution in [0.5, 0.6) is 0 Å². The van der Waals surface area contributed by atoms with Gasteiger partial charge in [0.15, 0.2) is 5.12 Å². The molecule has 1 radical (unpaired) electrons. The Morgan fingerprint density at radius 1 is 1.21 bits per heavy atom. The standard InChI is InChI=1S/C27H31FN3O2S/c1-26-11-15-13-30-31(17-5-9-23(28)29-14-17)21(15)10-16(26)4-6-18-19-7-8-20(25(33)34-3)27(19,2)12-22(32)24(18)26/h5,9-10,13-14,18-19,22,24,32H,4,6-8,11-12H2,1-3H3/t18-,19-,22-,24+,26-,27+/m0/s1. The van der Waals surface area contributed by atoms with Crippen LogP contribution in [0.1, 0.15) is 57.2 Å². The number of halogens is 1. The van der Waals surface area contributed by atoms with Crippen LogP contribution in [0, 0.1) is 40.4 Å². The summed E-state index contributed by atoms with van der Waals surface area (Å²) in [7, 11) is 0. The molecular formula is C27H31FN3O2S. The lowest BCUT2D eigenvalue weighted by Gasteiger charge is -2.59. The number of fused-ring (bicyclic) bond motifs is 6. The van der Waals surface area contributed by atoms with Crippen molar-refractivity contribution >= 4 is 23.0 Å². The number of pyridine rings is 1. The number of nitrogens with zero attached hydrogens (tertiary/aromatic N) is 3. The zero-order valence-corrected chi connectivity index (χ0v) is 20.7. The smallest absolute Gasteiger partial charge is 0.212 e. The highest BCUT2D eigenvalue weighted by Gasteiger charge is 2.63. The second-order valence-corrected chi connectivity index (χ2v) is 11.9. The van der Waals surface area contributed by atoms with Crippen LogP contribution in [-0.2, 0) is 11.2 Å². The molecule has 2 aromatic heterocycles. The lowest BCUT2D eigenvalue weighted by atomic mass is 9.46. The molecule has 3 saturated carbocycles. The van der Waals surface area contributed by atoms with Crippen molar-refractivity contribution in [2.75, 3.05) is 6.26 Å². The Hall–Kier alpha value is -1.99. The number of rotatable bonds is 2. The fraction of sp³-hybridized carbons (Fsp3) is 0.556. The molecule has 179 valence electrons. The first-order valence-electron chi connectivity index (χ1n) is 12.3. The van der Waals surface area contributed by atoms with E-state index in [1.54, 1.807) is 6.07 Å². The molecule has 2 heterocycles. The summed E-state index contributed by atoms with van der Waals surface area (Å²) in [6, 6.07) is 3.06. The van der Waals surface area contributed by atoms with Crippen LogP contribution in [0.2, 0.25) is 0 Å². The topological polar surface area (TPSA) is 68.0 Å². The van der Waals surface area contributed by atoms with Gasteiger partial charge in [-0.1, -0.05) is 31.2 Å². The van der Waals surface area contributed by atoms with Crippen LogP contribution in [-0.4, -0.2) is 37.3 Å². The van der Waals surface area contributed by atoms with E-state index < -0.39 is 12.1 Å². The average Bonchev–Trinajstić information content (AvgIpc) is 3.36. The van der Waals surface area contributed by atoms with Gasteiger partial charge < -0.3 is 5.11 Å². The van der Waals surface area contributed by atoms with Crippen LogP contribution in [0.25, 0.3) is 11.8 Å². The predicted molar refractivity (Wildman–Crippen MR) is 131 cm³/mol. The third kappa shape index (κ3) is 3.05. The minimum Gasteiger partial charge on any atom is -0.393 e. The van der Waals surface area contributed by atoms with Gasteiger partial charge in [0.25, 0.3) is 0 Å². The molecule has 6 atom stereocenters. The summed E-state index contributed by atoms with van der Waals surface area (Å²) in [5.74, 6) is 1.60. The normalized spacial score (nSPS) is 36.8. The van der Waals surface area contributed by atoms with Gasteiger partial charge >= 0.3 is 0 Å². The Morgan fingerprint density at radius 3 is 2.76 bits per heavy atom. The van der Waals surface area contributed by atoms with Gasteiger partial charge in [0.05, 0.1) is 35.8 Å². The van der Waals surface area contributed by atoms with Crippen LogP contribution < -0.4 is 0 Å². The summed E-state index contributed by atoms with van der Waals surface area (Å²) in [5.41, 5.74) is 4.02. The Morgan fingerprint density at radius 2 is 2.03 bits per heavy atom. The van der Waals surface area contributed by atoms with Crippen molar-refractivity contribution in [3.8, 4) is 5.69 Å². The van der Waals surface area contributed by atoms with Gasteiger partial charge in [-0.05, 0) is 97.1 Å². The molecule has 34 heavy (non-hydrogen) atoms. The molecule has 4 aliphatic carbocycles. The summed E-state index contributed by atoms with van der Waals surface area (Å²) in [6.07, 6.45) is 12.6. The van der Waals surface area contributed by atoms with E-state index in [2.05, 4.69) is 30.0 Å². The SMILES string of the molecule is CSC(=O)[C]1CC[C@H]2[C@@H]3CCC4=Cc5c(cnn5-c5ccc(F)nc5)C[C@]4(C)[C@H]3[C@@H](O)C[C@@]12C. The predicted octanol–water partition coefficient (Wildman–Crippen LogP) is 5.02. The van der Waals surface area contributed by atoms with Crippen molar-refractivity contribution < 1.29 is 14.3 Å². The van der Waals surface area contributed by atoms with Crippen molar-refractivity contribution in [2.24, 2.45) is 28.6 Å². The van der Waals surface area contributed by atoms with Gasteiger partial charge in [-0.15, -0.1) is 0 Å². The highest BCUT2D eigenvalue weighted by atomic mass is 32.2. The lowest BCUT2D eigenvalue weighted by molar-refractivity contribution is -0.121. The van der Waals surface area contributed by atoms with Gasteiger partial charge in [-0.3, -0.25) is 4.79 Å². The van der Waals surface area contributed by atoms with Crippen molar-refractivity contribution in [1.29, 1.82) is 0 Å². The summed E-state index contributed by atoms with van der Waals surface area (Å²) in [6.45, 7) is 4.56. The quantitative estimate of drug-likeness (QED) is 0.611. The minimum atomic E-state index is -0.501. The second-order valence-electron chi connectivity index (χ2n) is 11.1. The molecule has 7 heteroatoms. The summed E-state index contributed by atoms with van der Waals surface area (Å²) < 4.78 is 15.2. The molecule has 3 fully saturated rings. The van der Waals surface area contributed by atoms with E-state index in [0.717, 1.165) is 55.0 Å². The molecule has 0 amide bonds. The number of allylic oxidation sites excluding steroid dienone is 1.